The molecule has 1 rings (SSSR count). The monoisotopic (exact) mass is 214 g/mol. The lowest BCUT2D eigenvalue weighted by Crippen LogP contribution is -2.54. The lowest BCUT2D eigenvalue weighted by atomic mass is 9.98. The minimum Gasteiger partial charge on any atom is -0.368 e. The van der Waals surface area contributed by atoms with Gasteiger partial charge in [-0.15, -0.1) is 0 Å². The third-order valence-electron chi connectivity index (χ3n) is 3.13. The summed E-state index contributed by atoms with van der Waals surface area (Å²) in [6.45, 7) is 5.15. The molecule has 2 atom stereocenters. The molecule has 88 valence electrons. The summed E-state index contributed by atoms with van der Waals surface area (Å²) in [5, 5.41) is 2.97. The maximum absolute atomic E-state index is 11.8. The molecule has 0 aromatic carbocycles. The van der Waals surface area contributed by atoms with Gasteiger partial charge in [-0.2, -0.15) is 0 Å². The van der Waals surface area contributed by atoms with Crippen LogP contribution in [0.5, 0.6) is 0 Å². The van der Waals surface area contributed by atoms with Crippen LogP contribution in [0.15, 0.2) is 0 Å². The Morgan fingerprint density at radius 1 is 1.60 bits per heavy atom. The van der Waals surface area contributed by atoms with Crippen LogP contribution in [0, 0.1) is 0 Å². The molecular weight excluding hydrogens is 192 g/mol. The van der Waals surface area contributed by atoms with Gasteiger partial charge in [0.05, 0.1) is 0 Å². The fourth-order valence-electron chi connectivity index (χ4n) is 1.61. The number of nitrogens with one attached hydrogen (secondary N) is 1. The molecule has 0 radical (unpaired) electrons. The SMILES string of the molecule is CCC(C)(CN)NC(=O)C1CCCCO1. The molecule has 0 saturated carbocycles. The van der Waals surface area contributed by atoms with E-state index in [9.17, 15) is 4.79 Å². The van der Waals surface area contributed by atoms with Crippen molar-refractivity contribution >= 4 is 5.91 Å². The van der Waals surface area contributed by atoms with E-state index in [1.165, 1.54) is 0 Å². The number of carbonyl (C=O) groups is 1. The largest absolute Gasteiger partial charge is 0.368 e. The van der Waals surface area contributed by atoms with E-state index in [0.29, 0.717) is 13.2 Å². The number of nitrogens with two attached hydrogens (primary N) is 1. The summed E-state index contributed by atoms with van der Waals surface area (Å²) in [6.07, 6.45) is 3.53. The molecule has 0 aromatic rings. The van der Waals surface area contributed by atoms with E-state index in [1.54, 1.807) is 0 Å². The van der Waals surface area contributed by atoms with Crippen LogP contribution >= 0.6 is 0 Å². The molecule has 1 amide bonds. The highest BCUT2D eigenvalue weighted by Gasteiger charge is 2.28. The fourth-order valence-corrected chi connectivity index (χ4v) is 1.61. The molecule has 1 saturated heterocycles. The summed E-state index contributed by atoms with van der Waals surface area (Å²) in [4.78, 5) is 11.8. The van der Waals surface area contributed by atoms with Crippen LogP contribution in [0.25, 0.3) is 0 Å². The van der Waals surface area contributed by atoms with Crippen molar-refractivity contribution in [2.24, 2.45) is 5.73 Å². The Morgan fingerprint density at radius 2 is 2.33 bits per heavy atom. The molecular formula is C11H22N2O2. The van der Waals surface area contributed by atoms with E-state index < -0.39 is 0 Å². The van der Waals surface area contributed by atoms with E-state index in [4.69, 9.17) is 10.5 Å². The zero-order valence-electron chi connectivity index (χ0n) is 9.71. The molecule has 0 aliphatic carbocycles. The smallest absolute Gasteiger partial charge is 0.249 e. The lowest BCUT2D eigenvalue weighted by molar-refractivity contribution is -0.137. The molecule has 4 nitrogen and oxygen atoms in total. The maximum Gasteiger partial charge on any atom is 0.249 e. The first-order valence-electron chi connectivity index (χ1n) is 5.75. The molecule has 2 unspecified atom stereocenters. The van der Waals surface area contributed by atoms with Crippen LogP contribution in [-0.4, -0.2) is 30.7 Å². The van der Waals surface area contributed by atoms with Gasteiger partial charge >= 0.3 is 0 Å². The first-order valence-corrected chi connectivity index (χ1v) is 5.75. The van der Waals surface area contributed by atoms with Gasteiger partial charge in [-0.1, -0.05) is 6.92 Å². The summed E-state index contributed by atoms with van der Waals surface area (Å²) in [7, 11) is 0. The Hall–Kier alpha value is -0.610. The fraction of sp³-hybridized carbons (Fsp3) is 0.909. The van der Waals surface area contributed by atoms with Crippen molar-refractivity contribution in [1.29, 1.82) is 0 Å². The number of ether oxygens (including phenoxy) is 1. The van der Waals surface area contributed by atoms with Gasteiger partial charge in [-0.25, -0.2) is 0 Å². The molecule has 1 aliphatic heterocycles. The second-order valence-electron chi connectivity index (χ2n) is 4.46. The predicted octanol–water partition coefficient (Wildman–Crippen LogP) is 0.799. The molecule has 1 heterocycles. The van der Waals surface area contributed by atoms with E-state index in [2.05, 4.69) is 5.32 Å². The summed E-state index contributed by atoms with van der Waals surface area (Å²) in [5.74, 6) is -0.00972. The van der Waals surface area contributed by atoms with Crippen molar-refractivity contribution in [2.45, 2.75) is 51.2 Å². The van der Waals surface area contributed by atoms with Crippen LogP contribution in [0.2, 0.25) is 0 Å². The van der Waals surface area contributed by atoms with E-state index in [0.717, 1.165) is 25.7 Å². The highest BCUT2D eigenvalue weighted by molar-refractivity contribution is 5.81. The van der Waals surface area contributed by atoms with Crippen molar-refractivity contribution in [3.8, 4) is 0 Å². The first-order chi connectivity index (χ1) is 7.11. The zero-order valence-corrected chi connectivity index (χ0v) is 9.71. The molecule has 4 heteroatoms. The van der Waals surface area contributed by atoms with Gasteiger partial charge in [0.2, 0.25) is 5.91 Å². The summed E-state index contributed by atoms with van der Waals surface area (Å²) >= 11 is 0. The number of carbonyl (C=O) groups excluding carboxylic acids is 1. The highest BCUT2D eigenvalue weighted by Crippen LogP contribution is 2.15. The van der Waals surface area contributed by atoms with Gasteiger partial charge in [0, 0.05) is 18.7 Å². The second kappa shape index (κ2) is 5.47. The Labute approximate surface area is 91.5 Å². The van der Waals surface area contributed by atoms with Crippen molar-refractivity contribution in [2.75, 3.05) is 13.2 Å². The zero-order chi connectivity index (χ0) is 11.3. The van der Waals surface area contributed by atoms with Crippen molar-refractivity contribution in [1.82, 2.24) is 5.32 Å². The van der Waals surface area contributed by atoms with Gasteiger partial charge < -0.3 is 15.8 Å². The van der Waals surface area contributed by atoms with Crippen molar-refractivity contribution in [3.05, 3.63) is 0 Å². The van der Waals surface area contributed by atoms with Crippen LogP contribution < -0.4 is 11.1 Å². The minimum absolute atomic E-state index is 0.00972. The van der Waals surface area contributed by atoms with Crippen LogP contribution in [0.3, 0.4) is 0 Å². The Morgan fingerprint density at radius 3 is 2.80 bits per heavy atom. The summed E-state index contributed by atoms with van der Waals surface area (Å²) in [5.41, 5.74) is 5.35. The maximum atomic E-state index is 11.8. The van der Waals surface area contributed by atoms with Crippen molar-refractivity contribution < 1.29 is 9.53 Å². The predicted molar refractivity (Wildman–Crippen MR) is 59.5 cm³/mol. The average Bonchev–Trinajstić information content (AvgIpc) is 2.30. The first kappa shape index (κ1) is 12.5. The molecule has 1 fully saturated rings. The Bertz CT molecular complexity index is 209. The third kappa shape index (κ3) is 3.47. The molecule has 15 heavy (non-hydrogen) atoms. The standard InChI is InChI=1S/C11H22N2O2/c1-3-11(2,8-12)13-10(14)9-6-4-5-7-15-9/h9H,3-8,12H2,1-2H3,(H,13,14). The van der Waals surface area contributed by atoms with Gasteiger partial charge in [0.25, 0.3) is 0 Å². The topological polar surface area (TPSA) is 64.3 Å². The van der Waals surface area contributed by atoms with Crippen LogP contribution in [0.4, 0.5) is 0 Å². The van der Waals surface area contributed by atoms with Crippen LogP contribution in [-0.2, 0) is 9.53 Å². The van der Waals surface area contributed by atoms with Gasteiger partial charge in [-0.3, -0.25) is 4.79 Å². The molecule has 0 spiro atoms. The van der Waals surface area contributed by atoms with Gasteiger partial charge in [-0.05, 0) is 32.6 Å². The number of rotatable bonds is 4. The van der Waals surface area contributed by atoms with E-state index in [-0.39, 0.29) is 17.6 Å². The Balaban J connectivity index is 2.46. The summed E-state index contributed by atoms with van der Waals surface area (Å²) in [6, 6.07) is 0. The highest BCUT2D eigenvalue weighted by atomic mass is 16.5. The second-order valence-corrected chi connectivity index (χ2v) is 4.46. The quantitative estimate of drug-likeness (QED) is 0.727. The lowest BCUT2D eigenvalue weighted by Gasteiger charge is -2.31. The van der Waals surface area contributed by atoms with Crippen LogP contribution in [0.1, 0.15) is 39.5 Å². The van der Waals surface area contributed by atoms with E-state index in [1.807, 2.05) is 13.8 Å². The van der Waals surface area contributed by atoms with Gasteiger partial charge in [0.1, 0.15) is 6.10 Å². The van der Waals surface area contributed by atoms with Gasteiger partial charge in [0.15, 0.2) is 0 Å². The number of hydrogen-bond donors (Lipinski definition) is 2. The van der Waals surface area contributed by atoms with Crippen molar-refractivity contribution in [3.63, 3.8) is 0 Å². The number of hydrogen-bond acceptors (Lipinski definition) is 3. The third-order valence-corrected chi connectivity index (χ3v) is 3.13. The molecule has 3 N–H and O–H groups in total. The summed E-state index contributed by atoms with van der Waals surface area (Å²) < 4.78 is 5.42. The van der Waals surface area contributed by atoms with E-state index >= 15 is 0 Å². The minimum atomic E-state index is -0.294. The molecule has 1 aliphatic rings. The molecule has 0 bridgehead atoms. The number of amides is 1. The normalized spacial score (nSPS) is 25.7. The Kier molecular flexibility index (Phi) is 4.54. The average molecular weight is 214 g/mol. The molecule has 0 aromatic heterocycles.